The lowest BCUT2D eigenvalue weighted by Crippen LogP contribution is -2.38. The maximum atomic E-state index is 10.6. The Morgan fingerprint density at radius 1 is 0.789 bits per heavy atom. The van der Waals surface area contributed by atoms with E-state index >= 15 is 0 Å². The zero-order valence-corrected chi connectivity index (χ0v) is 20.4. The predicted molar refractivity (Wildman–Crippen MR) is 141 cm³/mol. The predicted octanol–water partition coefficient (Wildman–Crippen LogP) is 2.84. The van der Waals surface area contributed by atoms with Crippen molar-refractivity contribution in [2.45, 2.75) is 30.1 Å². The minimum absolute atomic E-state index is 0.417. The summed E-state index contributed by atoms with van der Waals surface area (Å²) in [6.07, 6.45) is -1.42. The summed E-state index contributed by atoms with van der Waals surface area (Å²) in [5, 5.41) is 39.1. The molecule has 1 unspecified atom stereocenters. The number of ether oxygens (including phenoxy) is 1. The van der Waals surface area contributed by atoms with Gasteiger partial charge in [-0.15, -0.1) is 0 Å². The first-order valence-corrected chi connectivity index (χ1v) is 12.4. The van der Waals surface area contributed by atoms with Crippen LogP contribution in [0.25, 0.3) is 11.0 Å². The highest BCUT2D eigenvalue weighted by molar-refractivity contribution is 5.87. The van der Waals surface area contributed by atoms with E-state index in [0.29, 0.717) is 16.9 Å². The average Bonchev–Trinajstić information content (AvgIpc) is 3.54. The molecule has 0 amide bonds. The maximum Gasteiger partial charge on any atom is 0.181 e. The van der Waals surface area contributed by atoms with Gasteiger partial charge in [0.1, 0.15) is 36.0 Å². The Balaban J connectivity index is 1.52. The molecule has 5 aromatic rings. The Morgan fingerprint density at radius 2 is 1.34 bits per heavy atom. The summed E-state index contributed by atoms with van der Waals surface area (Å²) in [6, 6.07) is 30.5. The molecule has 3 heterocycles. The quantitative estimate of drug-likeness (QED) is 0.247. The minimum Gasteiger partial charge on any atom is -0.394 e. The maximum absolute atomic E-state index is 10.6. The van der Waals surface area contributed by atoms with Gasteiger partial charge in [0.05, 0.1) is 18.2 Å². The van der Waals surface area contributed by atoms with Crippen molar-refractivity contribution in [2.75, 3.05) is 11.9 Å². The molecular formula is C29H27N5O4. The largest absolute Gasteiger partial charge is 0.394 e. The van der Waals surface area contributed by atoms with E-state index in [9.17, 15) is 15.3 Å². The van der Waals surface area contributed by atoms with Crippen molar-refractivity contribution in [1.29, 1.82) is 0 Å². The normalized spacial score (nSPS) is 21.6. The molecule has 0 aliphatic carbocycles. The van der Waals surface area contributed by atoms with Crippen LogP contribution in [-0.2, 0) is 10.3 Å². The highest BCUT2D eigenvalue weighted by atomic mass is 16.6. The second-order valence-electron chi connectivity index (χ2n) is 9.25. The number of nitrogens with zero attached hydrogens (tertiary/aromatic N) is 4. The Labute approximate surface area is 219 Å². The molecule has 1 saturated heterocycles. The van der Waals surface area contributed by atoms with Crippen molar-refractivity contribution >= 4 is 16.9 Å². The molecule has 9 nitrogen and oxygen atoms in total. The van der Waals surface area contributed by atoms with Gasteiger partial charge < -0.3 is 25.4 Å². The Bertz CT molecular complexity index is 1420. The molecule has 6 rings (SSSR count). The van der Waals surface area contributed by atoms with E-state index in [1.54, 1.807) is 6.20 Å². The van der Waals surface area contributed by atoms with Crippen LogP contribution in [0, 0.1) is 0 Å². The Morgan fingerprint density at radius 3 is 1.84 bits per heavy atom. The molecule has 0 bridgehead atoms. The van der Waals surface area contributed by atoms with Crippen LogP contribution in [0.1, 0.15) is 22.9 Å². The van der Waals surface area contributed by atoms with Gasteiger partial charge in [-0.1, -0.05) is 91.0 Å². The van der Waals surface area contributed by atoms with Gasteiger partial charge in [-0.25, -0.2) is 14.6 Å². The molecule has 1 aliphatic rings. The van der Waals surface area contributed by atoms with Gasteiger partial charge in [0, 0.05) is 0 Å². The van der Waals surface area contributed by atoms with Crippen molar-refractivity contribution in [3.05, 3.63) is 120 Å². The zero-order valence-electron chi connectivity index (χ0n) is 20.4. The van der Waals surface area contributed by atoms with E-state index in [1.807, 2.05) is 54.6 Å². The Kier molecular flexibility index (Phi) is 6.34. The third-order valence-corrected chi connectivity index (χ3v) is 7.08. The fraction of sp³-hybridized carbons (Fsp3) is 0.207. The lowest BCUT2D eigenvalue weighted by Gasteiger charge is -2.37. The lowest BCUT2D eigenvalue weighted by atomic mass is 9.77. The van der Waals surface area contributed by atoms with Gasteiger partial charge in [0.2, 0.25) is 0 Å². The third kappa shape index (κ3) is 3.93. The van der Waals surface area contributed by atoms with Crippen LogP contribution in [0.4, 0.5) is 5.82 Å². The smallest absolute Gasteiger partial charge is 0.181 e. The molecule has 0 spiro atoms. The number of nitrogens with one attached hydrogen (secondary N) is 1. The van der Waals surface area contributed by atoms with E-state index in [2.05, 4.69) is 56.8 Å². The van der Waals surface area contributed by atoms with Crippen LogP contribution < -0.4 is 5.32 Å². The first kappa shape index (κ1) is 24.2. The number of hydrogen-bond acceptors (Lipinski definition) is 8. The molecular weight excluding hydrogens is 482 g/mol. The van der Waals surface area contributed by atoms with Gasteiger partial charge in [0.25, 0.3) is 0 Å². The molecule has 1 fully saturated rings. The standard InChI is InChI=1S/C29H27N5O4/c35-17-23-24(36)25(37)28(38-23)34-27-22(16-32-34)26(30-18-31-27)33-29(19-10-4-1-5-11-19,20-12-6-2-7-13-20)21-14-8-3-9-15-21/h1-16,18,23-25,28,35-37H,17H2,(H,30,31,33)/t23-,24+,25?,28-/m1/s1. The second-order valence-corrected chi connectivity index (χ2v) is 9.25. The molecule has 4 atom stereocenters. The third-order valence-electron chi connectivity index (χ3n) is 7.08. The number of aliphatic hydroxyl groups is 3. The molecule has 2 aromatic heterocycles. The fourth-order valence-electron chi connectivity index (χ4n) is 5.19. The first-order chi connectivity index (χ1) is 18.6. The van der Waals surface area contributed by atoms with Crippen molar-refractivity contribution in [1.82, 2.24) is 19.7 Å². The zero-order chi connectivity index (χ0) is 26.1. The molecule has 0 saturated carbocycles. The summed E-state index contributed by atoms with van der Waals surface area (Å²) in [5.41, 5.74) is 2.65. The van der Waals surface area contributed by atoms with Crippen LogP contribution in [0.15, 0.2) is 104 Å². The van der Waals surface area contributed by atoms with E-state index in [-0.39, 0.29) is 0 Å². The van der Waals surface area contributed by atoms with E-state index in [4.69, 9.17) is 4.74 Å². The topological polar surface area (TPSA) is 126 Å². The number of hydrogen-bond donors (Lipinski definition) is 4. The summed E-state index contributed by atoms with van der Waals surface area (Å²) in [6.45, 7) is -0.427. The van der Waals surface area contributed by atoms with Crippen LogP contribution in [0.5, 0.6) is 0 Å². The minimum atomic E-state index is -1.28. The fourth-order valence-corrected chi connectivity index (χ4v) is 5.19. The molecule has 1 aliphatic heterocycles. The summed E-state index contributed by atoms with van der Waals surface area (Å²) < 4.78 is 7.12. The molecule has 4 N–H and O–H groups in total. The van der Waals surface area contributed by atoms with Crippen molar-refractivity contribution in [3.63, 3.8) is 0 Å². The SMILES string of the molecule is OC[C@H]1O[C@@H](n2ncc3c(NC(c4ccccc4)(c4ccccc4)c4ccccc4)ncnc32)C(O)[C@H]1O. The number of rotatable bonds is 7. The number of aliphatic hydroxyl groups excluding tert-OH is 3. The summed E-state index contributed by atoms with van der Waals surface area (Å²) in [7, 11) is 0. The van der Waals surface area contributed by atoms with Gasteiger partial charge in [-0.05, 0) is 16.7 Å². The molecule has 9 heteroatoms. The first-order valence-electron chi connectivity index (χ1n) is 12.4. The number of aromatic nitrogens is 4. The molecule has 192 valence electrons. The highest BCUT2D eigenvalue weighted by Gasteiger charge is 2.45. The highest BCUT2D eigenvalue weighted by Crippen LogP contribution is 2.41. The number of benzene rings is 3. The molecule has 0 radical (unpaired) electrons. The average molecular weight is 510 g/mol. The number of anilines is 1. The van der Waals surface area contributed by atoms with Crippen molar-refractivity contribution < 1.29 is 20.1 Å². The monoisotopic (exact) mass is 509 g/mol. The van der Waals surface area contributed by atoms with Crippen molar-refractivity contribution in [2.24, 2.45) is 0 Å². The van der Waals surface area contributed by atoms with E-state index in [1.165, 1.54) is 11.0 Å². The van der Waals surface area contributed by atoms with Crippen LogP contribution in [-0.4, -0.2) is 60.0 Å². The van der Waals surface area contributed by atoms with Gasteiger partial charge in [-0.3, -0.25) is 0 Å². The lowest BCUT2D eigenvalue weighted by molar-refractivity contribution is -0.0566. The molecule has 38 heavy (non-hydrogen) atoms. The van der Waals surface area contributed by atoms with Gasteiger partial charge in [0.15, 0.2) is 11.9 Å². The summed E-state index contributed by atoms with van der Waals surface area (Å²) in [5.74, 6) is 0.532. The van der Waals surface area contributed by atoms with Crippen LogP contribution in [0.2, 0.25) is 0 Å². The van der Waals surface area contributed by atoms with Crippen molar-refractivity contribution in [3.8, 4) is 0 Å². The van der Waals surface area contributed by atoms with Gasteiger partial charge >= 0.3 is 0 Å². The number of fused-ring (bicyclic) bond motifs is 1. The van der Waals surface area contributed by atoms with Crippen LogP contribution in [0.3, 0.4) is 0 Å². The van der Waals surface area contributed by atoms with Crippen LogP contribution >= 0.6 is 0 Å². The summed E-state index contributed by atoms with van der Waals surface area (Å²) >= 11 is 0. The second kappa shape index (κ2) is 9.96. The molecule has 3 aromatic carbocycles. The Hall–Kier alpha value is -4.15. The van der Waals surface area contributed by atoms with Gasteiger partial charge in [-0.2, -0.15) is 5.10 Å². The van der Waals surface area contributed by atoms with E-state index < -0.39 is 36.7 Å². The summed E-state index contributed by atoms with van der Waals surface area (Å²) in [4.78, 5) is 9.02. The van der Waals surface area contributed by atoms with E-state index in [0.717, 1.165) is 16.7 Å².